The molecule has 0 bridgehead atoms. The number of nitrogens with zero attached hydrogens (tertiary/aromatic N) is 2. The molecule has 1 unspecified atom stereocenters. The number of nitro groups is 1. The fourth-order valence-electron chi connectivity index (χ4n) is 2.42. The molecule has 2 aromatic carbocycles. The second-order valence-electron chi connectivity index (χ2n) is 5.56. The molecule has 1 heterocycles. The third kappa shape index (κ3) is 4.04. The lowest BCUT2D eigenvalue weighted by molar-refractivity contribution is -0.380. The highest BCUT2D eigenvalue weighted by molar-refractivity contribution is 7.16. The van der Waals surface area contributed by atoms with Crippen LogP contribution in [0.3, 0.4) is 0 Å². The first-order valence-electron chi connectivity index (χ1n) is 7.86. The predicted octanol–water partition coefficient (Wildman–Crippen LogP) is 3.76. The van der Waals surface area contributed by atoms with Crippen molar-refractivity contribution in [3.05, 3.63) is 69.6 Å². The van der Waals surface area contributed by atoms with Crippen LogP contribution in [-0.2, 0) is 4.79 Å². The van der Waals surface area contributed by atoms with Crippen molar-refractivity contribution >= 4 is 44.9 Å². The lowest BCUT2D eigenvalue weighted by Crippen LogP contribution is -2.34. The van der Waals surface area contributed by atoms with Crippen LogP contribution in [0.4, 0.5) is 10.7 Å². The Kier molecular flexibility index (Phi) is 5.23. The number of hydrogen-bond donors (Lipinski definition) is 2. The van der Waals surface area contributed by atoms with Gasteiger partial charge < -0.3 is 5.32 Å². The molecular formula is C18H16N4O3S. The minimum Gasteiger partial charge on any atom is -0.373 e. The van der Waals surface area contributed by atoms with Gasteiger partial charge in [0.25, 0.3) is 5.91 Å². The molecule has 1 amide bonds. The maximum absolute atomic E-state index is 12.2. The van der Waals surface area contributed by atoms with E-state index in [2.05, 4.69) is 15.8 Å². The van der Waals surface area contributed by atoms with Gasteiger partial charge in [0.15, 0.2) is 0 Å². The van der Waals surface area contributed by atoms with Gasteiger partial charge in [0.2, 0.25) is 0 Å². The Hall–Kier alpha value is -3.26. The molecule has 0 saturated carbocycles. The molecule has 0 aliphatic rings. The molecule has 1 atom stereocenters. The number of hydrogen-bond acceptors (Lipinski definition) is 6. The molecule has 3 rings (SSSR count). The highest BCUT2D eigenvalue weighted by Gasteiger charge is 2.13. The van der Waals surface area contributed by atoms with Crippen LogP contribution in [0, 0.1) is 10.1 Å². The quantitative estimate of drug-likeness (QED) is 0.393. The summed E-state index contributed by atoms with van der Waals surface area (Å²) in [7, 11) is 0. The van der Waals surface area contributed by atoms with E-state index in [4.69, 9.17) is 0 Å². The van der Waals surface area contributed by atoms with Crippen LogP contribution in [0.5, 0.6) is 0 Å². The molecule has 8 heteroatoms. The zero-order chi connectivity index (χ0) is 18.5. The molecule has 132 valence electrons. The number of carbonyl (C=O) groups excluding carboxylic acids is 1. The first-order chi connectivity index (χ1) is 12.5. The van der Waals surface area contributed by atoms with Crippen LogP contribution in [-0.4, -0.2) is 23.1 Å². The van der Waals surface area contributed by atoms with E-state index >= 15 is 0 Å². The molecule has 0 fully saturated rings. The number of anilines is 1. The van der Waals surface area contributed by atoms with Gasteiger partial charge in [0, 0.05) is 17.1 Å². The topological polar surface area (TPSA) is 96.6 Å². The average Bonchev–Trinajstić information content (AvgIpc) is 3.11. The van der Waals surface area contributed by atoms with Gasteiger partial charge in [0.1, 0.15) is 6.04 Å². The zero-order valence-corrected chi connectivity index (χ0v) is 14.7. The number of nitrogens with one attached hydrogen (secondary N) is 2. The summed E-state index contributed by atoms with van der Waals surface area (Å²) in [6.07, 6.45) is 1.39. The van der Waals surface area contributed by atoms with E-state index in [1.54, 1.807) is 13.0 Å². The SMILES string of the molecule is CC(Nc1cccc2ccccc12)C(=O)N/N=C/c1ccc([N+](=O)[O-])s1. The molecule has 0 radical (unpaired) electrons. The van der Waals surface area contributed by atoms with Gasteiger partial charge in [-0.3, -0.25) is 14.9 Å². The number of amides is 1. The largest absolute Gasteiger partial charge is 0.373 e. The Morgan fingerprint density at radius 1 is 1.19 bits per heavy atom. The third-order valence-electron chi connectivity index (χ3n) is 3.71. The van der Waals surface area contributed by atoms with Crippen molar-refractivity contribution in [3.8, 4) is 0 Å². The molecule has 1 aromatic heterocycles. The second-order valence-corrected chi connectivity index (χ2v) is 6.65. The molecular weight excluding hydrogens is 352 g/mol. The first-order valence-corrected chi connectivity index (χ1v) is 8.67. The van der Waals surface area contributed by atoms with Crippen molar-refractivity contribution in [2.75, 3.05) is 5.32 Å². The third-order valence-corrected chi connectivity index (χ3v) is 4.69. The van der Waals surface area contributed by atoms with Crippen LogP contribution in [0.25, 0.3) is 10.8 Å². The monoisotopic (exact) mass is 368 g/mol. The van der Waals surface area contributed by atoms with E-state index in [9.17, 15) is 14.9 Å². The standard InChI is InChI=1S/C18H16N4O3S/c1-12(20-16-8-4-6-13-5-2-3-7-15(13)16)18(23)21-19-11-14-9-10-17(26-14)22(24)25/h2-12,20H,1H3,(H,21,23)/b19-11+. The zero-order valence-electron chi connectivity index (χ0n) is 13.9. The number of rotatable bonds is 6. The van der Waals surface area contributed by atoms with Crippen LogP contribution >= 0.6 is 11.3 Å². The van der Waals surface area contributed by atoms with Crippen molar-refractivity contribution < 1.29 is 9.72 Å². The summed E-state index contributed by atoms with van der Waals surface area (Å²) in [5.41, 5.74) is 3.31. The van der Waals surface area contributed by atoms with Gasteiger partial charge >= 0.3 is 5.00 Å². The Balaban J connectivity index is 1.62. The fraction of sp³-hybridized carbons (Fsp3) is 0.111. The van der Waals surface area contributed by atoms with Crippen molar-refractivity contribution in [1.82, 2.24) is 5.43 Å². The maximum atomic E-state index is 12.2. The predicted molar refractivity (Wildman–Crippen MR) is 104 cm³/mol. The van der Waals surface area contributed by atoms with Crippen LogP contribution in [0.15, 0.2) is 59.7 Å². The highest BCUT2D eigenvalue weighted by Crippen LogP contribution is 2.24. The summed E-state index contributed by atoms with van der Waals surface area (Å²) in [5.74, 6) is -0.305. The van der Waals surface area contributed by atoms with Crippen molar-refractivity contribution in [2.45, 2.75) is 13.0 Å². The number of benzene rings is 2. The average molecular weight is 368 g/mol. The van der Waals surface area contributed by atoms with E-state index in [1.165, 1.54) is 12.3 Å². The summed E-state index contributed by atoms with van der Waals surface area (Å²) in [5, 5.41) is 19.8. The van der Waals surface area contributed by atoms with Crippen molar-refractivity contribution in [1.29, 1.82) is 0 Å². The molecule has 7 nitrogen and oxygen atoms in total. The normalized spacial score (nSPS) is 12.2. The molecule has 3 aromatic rings. The minimum atomic E-state index is -0.504. The number of carbonyl (C=O) groups is 1. The number of thiophene rings is 1. The minimum absolute atomic E-state index is 0.0313. The van der Waals surface area contributed by atoms with Crippen molar-refractivity contribution in [2.24, 2.45) is 5.10 Å². The van der Waals surface area contributed by atoms with Gasteiger partial charge in [-0.05, 0) is 24.4 Å². The summed E-state index contributed by atoms with van der Waals surface area (Å²) >= 11 is 0.990. The molecule has 0 aliphatic heterocycles. The van der Waals surface area contributed by atoms with E-state index in [0.29, 0.717) is 4.88 Å². The molecule has 0 saturated heterocycles. The van der Waals surface area contributed by atoms with E-state index < -0.39 is 11.0 Å². The second kappa shape index (κ2) is 7.75. The first kappa shape index (κ1) is 17.6. The summed E-state index contributed by atoms with van der Waals surface area (Å²) < 4.78 is 0. The van der Waals surface area contributed by atoms with E-state index in [1.807, 2.05) is 42.5 Å². The van der Waals surface area contributed by atoms with E-state index in [-0.39, 0.29) is 10.9 Å². The molecule has 26 heavy (non-hydrogen) atoms. The lowest BCUT2D eigenvalue weighted by Gasteiger charge is -2.15. The van der Waals surface area contributed by atoms with Gasteiger partial charge in [-0.1, -0.05) is 47.7 Å². The van der Waals surface area contributed by atoms with Crippen LogP contribution in [0.2, 0.25) is 0 Å². The Morgan fingerprint density at radius 3 is 2.73 bits per heavy atom. The van der Waals surface area contributed by atoms with Gasteiger partial charge in [-0.25, -0.2) is 5.43 Å². The maximum Gasteiger partial charge on any atom is 0.324 e. The van der Waals surface area contributed by atoms with Gasteiger partial charge in [-0.15, -0.1) is 0 Å². The van der Waals surface area contributed by atoms with Crippen LogP contribution in [0.1, 0.15) is 11.8 Å². The Bertz CT molecular complexity index is 978. The lowest BCUT2D eigenvalue weighted by atomic mass is 10.1. The Labute approximate surface area is 153 Å². The summed E-state index contributed by atoms with van der Waals surface area (Å²) in [6.45, 7) is 1.74. The number of hydrazone groups is 1. The van der Waals surface area contributed by atoms with Crippen LogP contribution < -0.4 is 10.7 Å². The molecule has 0 aliphatic carbocycles. The fourth-order valence-corrected chi connectivity index (χ4v) is 3.11. The molecule has 0 spiro atoms. The summed E-state index contributed by atoms with van der Waals surface area (Å²) in [4.78, 5) is 23.0. The highest BCUT2D eigenvalue weighted by atomic mass is 32.1. The summed E-state index contributed by atoms with van der Waals surface area (Å²) in [6, 6.07) is 16.2. The van der Waals surface area contributed by atoms with E-state index in [0.717, 1.165) is 27.8 Å². The molecule has 2 N–H and O–H groups in total. The van der Waals surface area contributed by atoms with Gasteiger partial charge in [0.05, 0.1) is 16.0 Å². The van der Waals surface area contributed by atoms with Crippen molar-refractivity contribution in [3.63, 3.8) is 0 Å². The number of fused-ring (bicyclic) bond motifs is 1. The Morgan fingerprint density at radius 2 is 1.96 bits per heavy atom. The smallest absolute Gasteiger partial charge is 0.324 e. The van der Waals surface area contributed by atoms with Gasteiger partial charge in [-0.2, -0.15) is 5.10 Å².